The van der Waals surface area contributed by atoms with E-state index in [1.54, 1.807) is 6.92 Å². The molecular formula is C7H12F3NO4. The van der Waals surface area contributed by atoms with E-state index in [1.807, 2.05) is 6.92 Å². The van der Waals surface area contributed by atoms with Crippen molar-refractivity contribution in [3.05, 3.63) is 0 Å². The standard InChI is InChI=1S/C5H11NO2.C2HF3O2/c1-3-6-4(2)5(7)8;3-2(4,5)1(6)7/h4,6H,3H2,1-2H3,(H,7,8);(H,6,7)/t4-;/m1./s1. The molecule has 0 amide bonds. The topological polar surface area (TPSA) is 86.6 Å². The normalized spacial score (nSPS) is 12.3. The minimum atomic E-state index is -5.08. The second-order valence-corrected chi connectivity index (χ2v) is 2.42. The minimum Gasteiger partial charge on any atom is -0.480 e. The van der Waals surface area contributed by atoms with E-state index in [-0.39, 0.29) is 0 Å². The second-order valence-electron chi connectivity index (χ2n) is 2.42. The summed E-state index contributed by atoms with van der Waals surface area (Å²) in [5.74, 6) is -3.56. The fourth-order valence-electron chi connectivity index (χ4n) is 0.393. The fraction of sp³-hybridized carbons (Fsp3) is 0.714. The number of rotatable bonds is 3. The Morgan fingerprint density at radius 3 is 1.73 bits per heavy atom. The monoisotopic (exact) mass is 231 g/mol. The third-order valence-electron chi connectivity index (χ3n) is 1.12. The van der Waals surface area contributed by atoms with Gasteiger partial charge in [-0.3, -0.25) is 4.79 Å². The number of likely N-dealkylation sites (N-methyl/N-ethyl adjacent to an activating group) is 1. The smallest absolute Gasteiger partial charge is 0.480 e. The molecule has 0 aromatic rings. The van der Waals surface area contributed by atoms with Gasteiger partial charge in [-0.15, -0.1) is 0 Å². The molecule has 0 heterocycles. The molecule has 90 valence electrons. The Bertz CT molecular complexity index is 217. The summed E-state index contributed by atoms with van der Waals surface area (Å²) < 4.78 is 31.7. The number of alkyl halides is 3. The molecule has 15 heavy (non-hydrogen) atoms. The SMILES string of the molecule is CCN[C@H](C)C(=O)O.O=C(O)C(F)(F)F. The number of hydrogen-bond donors (Lipinski definition) is 3. The summed E-state index contributed by atoms with van der Waals surface area (Å²) >= 11 is 0. The van der Waals surface area contributed by atoms with Gasteiger partial charge in [0.15, 0.2) is 0 Å². The van der Waals surface area contributed by atoms with Crippen molar-refractivity contribution in [1.29, 1.82) is 0 Å². The van der Waals surface area contributed by atoms with Gasteiger partial charge in [0.1, 0.15) is 6.04 Å². The van der Waals surface area contributed by atoms with Crippen LogP contribution in [0.5, 0.6) is 0 Å². The average molecular weight is 231 g/mol. The predicted octanol–water partition coefficient (Wildman–Crippen LogP) is 0.702. The first kappa shape index (κ1) is 16.1. The molecular weight excluding hydrogens is 219 g/mol. The van der Waals surface area contributed by atoms with Crippen LogP contribution in [-0.2, 0) is 9.59 Å². The van der Waals surface area contributed by atoms with Gasteiger partial charge >= 0.3 is 18.1 Å². The largest absolute Gasteiger partial charge is 0.490 e. The van der Waals surface area contributed by atoms with Crippen molar-refractivity contribution >= 4 is 11.9 Å². The van der Waals surface area contributed by atoms with E-state index in [2.05, 4.69) is 5.32 Å². The molecule has 0 rings (SSSR count). The van der Waals surface area contributed by atoms with E-state index < -0.39 is 24.2 Å². The Kier molecular flexibility index (Phi) is 7.58. The van der Waals surface area contributed by atoms with E-state index >= 15 is 0 Å². The molecule has 5 nitrogen and oxygen atoms in total. The number of hydrogen-bond acceptors (Lipinski definition) is 3. The summed E-state index contributed by atoms with van der Waals surface area (Å²) in [4.78, 5) is 18.9. The Labute approximate surface area is 83.9 Å². The second kappa shape index (κ2) is 7.04. The Hall–Kier alpha value is -1.31. The highest BCUT2D eigenvalue weighted by atomic mass is 19.4. The molecule has 0 saturated heterocycles. The molecule has 0 unspecified atom stereocenters. The van der Waals surface area contributed by atoms with Gasteiger partial charge in [0.2, 0.25) is 0 Å². The van der Waals surface area contributed by atoms with Crippen LogP contribution in [0.3, 0.4) is 0 Å². The highest BCUT2D eigenvalue weighted by Gasteiger charge is 2.38. The van der Waals surface area contributed by atoms with Crippen molar-refractivity contribution < 1.29 is 33.0 Å². The number of halogens is 3. The van der Waals surface area contributed by atoms with Crippen LogP contribution in [0.2, 0.25) is 0 Å². The molecule has 0 aromatic heterocycles. The van der Waals surface area contributed by atoms with Gasteiger partial charge in [0.05, 0.1) is 0 Å². The highest BCUT2D eigenvalue weighted by molar-refractivity contribution is 5.73. The molecule has 0 radical (unpaired) electrons. The lowest BCUT2D eigenvalue weighted by atomic mass is 10.3. The number of aliphatic carboxylic acids is 2. The zero-order valence-electron chi connectivity index (χ0n) is 8.13. The molecule has 0 aliphatic carbocycles. The molecule has 1 atom stereocenters. The summed E-state index contributed by atoms with van der Waals surface area (Å²) in [6.07, 6.45) is -5.08. The number of carboxylic acids is 2. The van der Waals surface area contributed by atoms with Crippen LogP contribution in [0.1, 0.15) is 13.8 Å². The summed E-state index contributed by atoms with van der Waals surface area (Å²) in [5.41, 5.74) is 0. The van der Waals surface area contributed by atoms with Crippen molar-refractivity contribution in [3.63, 3.8) is 0 Å². The third kappa shape index (κ3) is 10.6. The zero-order valence-corrected chi connectivity index (χ0v) is 8.13. The van der Waals surface area contributed by atoms with Crippen LogP contribution in [0.4, 0.5) is 13.2 Å². The first-order valence-corrected chi connectivity index (χ1v) is 3.89. The van der Waals surface area contributed by atoms with Gasteiger partial charge in [0.25, 0.3) is 0 Å². The molecule has 0 aliphatic rings. The Morgan fingerprint density at radius 1 is 1.33 bits per heavy atom. The van der Waals surface area contributed by atoms with Crippen LogP contribution in [-0.4, -0.2) is 40.9 Å². The molecule has 0 aliphatic heterocycles. The highest BCUT2D eigenvalue weighted by Crippen LogP contribution is 2.13. The minimum absolute atomic E-state index is 0.417. The molecule has 0 fully saturated rings. The summed E-state index contributed by atoms with van der Waals surface area (Å²) in [7, 11) is 0. The summed E-state index contributed by atoms with van der Waals surface area (Å²) in [5, 5.41) is 18.1. The lowest BCUT2D eigenvalue weighted by Crippen LogP contribution is -2.33. The van der Waals surface area contributed by atoms with Gasteiger partial charge < -0.3 is 15.5 Å². The van der Waals surface area contributed by atoms with Gasteiger partial charge in [-0.2, -0.15) is 13.2 Å². The van der Waals surface area contributed by atoms with E-state index in [4.69, 9.17) is 15.0 Å². The molecule has 8 heteroatoms. The maximum atomic E-state index is 10.6. The zero-order chi connectivity index (χ0) is 12.6. The number of carbonyl (C=O) groups is 2. The third-order valence-corrected chi connectivity index (χ3v) is 1.12. The molecule has 0 saturated carbocycles. The molecule has 0 aromatic carbocycles. The van der Waals surface area contributed by atoms with Crippen LogP contribution < -0.4 is 5.32 Å². The lowest BCUT2D eigenvalue weighted by Gasteiger charge is -2.03. The van der Waals surface area contributed by atoms with Crippen molar-refractivity contribution in [2.75, 3.05) is 6.54 Å². The average Bonchev–Trinajstić information content (AvgIpc) is 2.03. The first-order valence-electron chi connectivity index (χ1n) is 3.89. The lowest BCUT2D eigenvalue weighted by molar-refractivity contribution is -0.192. The van der Waals surface area contributed by atoms with E-state index in [1.165, 1.54) is 0 Å². The van der Waals surface area contributed by atoms with Gasteiger partial charge in [-0.1, -0.05) is 6.92 Å². The van der Waals surface area contributed by atoms with Crippen molar-refractivity contribution in [1.82, 2.24) is 5.32 Å². The summed E-state index contributed by atoms with van der Waals surface area (Å²) in [6.45, 7) is 4.19. The molecule has 0 bridgehead atoms. The van der Waals surface area contributed by atoms with Gasteiger partial charge in [-0.05, 0) is 13.5 Å². The quantitative estimate of drug-likeness (QED) is 0.665. The van der Waals surface area contributed by atoms with E-state index in [0.29, 0.717) is 6.54 Å². The van der Waals surface area contributed by atoms with E-state index in [0.717, 1.165) is 0 Å². The Balaban J connectivity index is 0. The van der Waals surface area contributed by atoms with Gasteiger partial charge in [0, 0.05) is 0 Å². The maximum absolute atomic E-state index is 10.6. The molecule has 0 spiro atoms. The van der Waals surface area contributed by atoms with Crippen LogP contribution in [0, 0.1) is 0 Å². The van der Waals surface area contributed by atoms with Crippen molar-refractivity contribution in [2.45, 2.75) is 26.1 Å². The van der Waals surface area contributed by atoms with Crippen molar-refractivity contribution in [3.8, 4) is 0 Å². The van der Waals surface area contributed by atoms with Crippen LogP contribution in [0.15, 0.2) is 0 Å². The fourth-order valence-corrected chi connectivity index (χ4v) is 0.393. The van der Waals surface area contributed by atoms with Gasteiger partial charge in [-0.25, -0.2) is 4.79 Å². The maximum Gasteiger partial charge on any atom is 0.490 e. The predicted molar refractivity (Wildman–Crippen MR) is 44.5 cm³/mol. The van der Waals surface area contributed by atoms with Crippen molar-refractivity contribution in [2.24, 2.45) is 0 Å². The number of nitrogens with one attached hydrogen (secondary N) is 1. The molecule has 3 N–H and O–H groups in total. The van der Waals surface area contributed by atoms with E-state index in [9.17, 15) is 18.0 Å². The van der Waals surface area contributed by atoms with Crippen LogP contribution >= 0.6 is 0 Å². The number of carboxylic acid groups (broad SMARTS) is 2. The van der Waals surface area contributed by atoms with Crippen LogP contribution in [0.25, 0.3) is 0 Å². The first-order chi connectivity index (χ1) is 6.62. The summed E-state index contributed by atoms with van der Waals surface area (Å²) in [6, 6.07) is -0.417. The Morgan fingerprint density at radius 2 is 1.67 bits per heavy atom.